The van der Waals surface area contributed by atoms with E-state index in [2.05, 4.69) is 17.3 Å². The van der Waals surface area contributed by atoms with Gasteiger partial charge in [-0.05, 0) is 18.1 Å². The van der Waals surface area contributed by atoms with Gasteiger partial charge in [0.05, 0.1) is 5.56 Å². The molecule has 1 aromatic carbocycles. The van der Waals surface area contributed by atoms with Gasteiger partial charge in [0.25, 0.3) is 0 Å². The molecule has 20 heavy (non-hydrogen) atoms. The maximum Gasteiger partial charge on any atom is 0.336 e. The molecule has 0 radical (unpaired) electrons. The van der Waals surface area contributed by atoms with Crippen molar-refractivity contribution in [3.63, 3.8) is 0 Å². The first kappa shape index (κ1) is 16.0. The quantitative estimate of drug-likeness (QED) is 0.859. The van der Waals surface area contributed by atoms with Gasteiger partial charge >= 0.3 is 5.97 Å². The molecular weight excluding hydrogens is 278 g/mol. The van der Waals surface area contributed by atoms with Crippen LogP contribution in [0.4, 0.5) is 5.82 Å². The van der Waals surface area contributed by atoms with Gasteiger partial charge in [0.15, 0.2) is 0 Å². The molecule has 0 spiro atoms. The Kier molecular flexibility index (Phi) is 6.06. The number of aromatic nitrogens is 2. The van der Waals surface area contributed by atoms with Crippen LogP contribution in [0, 0.1) is 0 Å². The SMILES string of the molecule is CCCn1ccc(NCc2ccccc2C(=O)O)n1.Cl. The Bertz CT molecular complexity index is 569. The van der Waals surface area contributed by atoms with E-state index in [0.29, 0.717) is 12.1 Å². The van der Waals surface area contributed by atoms with E-state index in [1.165, 1.54) is 0 Å². The van der Waals surface area contributed by atoms with Crippen molar-refractivity contribution in [1.29, 1.82) is 0 Å². The van der Waals surface area contributed by atoms with Crippen LogP contribution >= 0.6 is 12.4 Å². The zero-order chi connectivity index (χ0) is 13.7. The highest BCUT2D eigenvalue weighted by Gasteiger charge is 2.08. The third kappa shape index (κ3) is 3.99. The Labute approximate surface area is 124 Å². The van der Waals surface area contributed by atoms with Crippen molar-refractivity contribution in [2.24, 2.45) is 0 Å². The highest BCUT2D eigenvalue weighted by atomic mass is 35.5. The van der Waals surface area contributed by atoms with E-state index in [4.69, 9.17) is 5.11 Å². The second-order valence-electron chi connectivity index (χ2n) is 4.28. The molecule has 0 aliphatic rings. The monoisotopic (exact) mass is 295 g/mol. The second-order valence-corrected chi connectivity index (χ2v) is 4.28. The topological polar surface area (TPSA) is 67.2 Å². The maximum absolute atomic E-state index is 11.1. The summed E-state index contributed by atoms with van der Waals surface area (Å²) < 4.78 is 1.87. The van der Waals surface area contributed by atoms with Gasteiger partial charge in [-0.15, -0.1) is 12.4 Å². The number of benzene rings is 1. The van der Waals surface area contributed by atoms with E-state index in [-0.39, 0.29) is 12.4 Å². The standard InChI is InChI=1S/C14H17N3O2.ClH/c1-2-8-17-9-7-13(16-17)15-10-11-5-3-4-6-12(11)14(18)19;/h3-7,9H,2,8,10H2,1H3,(H,15,16)(H,18,19);1H. The molecule has 0 fully saturated rings. The number of carboxylic acids is 1. The lowest BCUT2D eigenvalue weighted by Crippen LogP contribution is -2.07. The van der Waals surface area contributed by atoms with Gasteiger partial charge in [0.1, 0.15) is 5.82 Å². The summed E-state index contributed by atoms with van der Waals surface area (Å²) in [5.74, 6) is -0.150. The van der Waals surface area contributed by atoms with Crippen LogP contribution in [-0.2, 0) is 13.1 Å². The summed E-state index contributed by atoms with van der Waals surface area (Å²) in [6.07, 6.45) is 2.94. The predicted molar refractivity (Wildman–Crippen MR) is 80.5 cm³/mol. The van der Waals surface area contributed by atoms with E-state index in [0.717, 1.165) is 24.3 Å². The zero-order valence-corrected chi connectivity index (χ0v) is 12.1. The number of hydrogen-bond acceptors (Lipinski definition) is 3. The molecule has 0 unspecified atom stereocenters. The van der Waals surface area contributed by atoms with Crippen LogP contribution in [0.15, 0.2) is 36.5 Å². The van der Waals surface area contributed by atoms with Crippen LogP contribution < -0.4 is 5.32 Å². The van der Waals surface area contributed by atoms with Crippen LogP contribution in [-0.4, -0.2) is 20.9 Å². The van der Waals surface area contributed by atoms with Crippen molar-refractivity contribution in [3.8, 4) is 0 Å². The van der Waals surface area contributed by atoms with Crippen LogP contribution in [0.5, 0.6) is 0 Å². The molecule has 2 rings (SSSR count). The third-order valence-corrected chi connectivity index (χ3v) is 2.80. The first-order chi connectivity index (χ1) is 9.20. The molecule has 1 heterocycles. The number of aryl methyl sites for hydroxylation is 1. The van der Waals surface area contributed by atoms with Crippen LogP contribution in [0.25, 0.3) is 0 Å². The van der Waals surface area contributed by atoms with Crippen molar-refractivity contribution in [2.45, 2.75) is 26.4 Å². The van der Waals surface area contributed by atoms with Gasteiger partial charge in [-0.3, -0.25) is 4.68 Å². The smallest absolute Gasteiger partial charge is 0.336 e. The molecule has 6 heteroatoms. The fraction of sp³-hybridized carbons (Fsp3) is 0.286. The Hall–Kier alpha value is -2.01. The summed E-state index contributed by atoms with van der Waals surface area (Å²) >= 11 is 0. The van der Waals surface area contributed by atoms with Gasteiger partial charge in [0, 0.05) is 25.4 Å². The first-order valence-electron chi connectivity index (χ1n) is 6.29. The summed E-state index contributed by atoms with van der Waals surface area (Å²) in [7, 11) is 0. The lowest BCUT2D eigenvalue weighted by molar-refractivity contribution is 0.0696. The number of rotatable bonds is 6. The summed E-state index contributed by atoms with van der Waals surface area (Å²) in [6.45, 7) is 3.43. The van der Waals surface area contributed by atoms with Crippen LogP contribution in [0.1, 0.15) is 29.3 Å². The van der Waals surface area contributed by atoms with E-state index < -0.39 is 5.97 Å². The Morgan fingerprint density at radius 3 is 2.80 bits per heavy atom. The predicted octanol–water partition coefficient (Wildman–Crippen LogP) is 3.03. The summed E-state index contributed by atoms with van der Waals surface area (Å²) in [5.41, 5.74) is 1.07. The normalized spacial score (nSPS) is 9.85. The van der Waals surface area contributed by atoms with Crippen molar-refractivity contribution >= 4 is 24.2 Å². The molecule has 0 atom stereocenters. The Morgan fingerprint density at radius 1 is 1.35 bits per heavy atom. The van der Waals surface area contributed by atoms with Gasteiger partial charge in [-0.1, -0.05) is 25.1 Å². The minimum atomic E-state index is -0.908. The van der Waals surface area contributed by atoms with Crippen molar-refractivity contribution in [3.05, 3.63) is 47.7 Å². The lowest BCUT2D eigenvalue weighted by atomic mass is 10.1. The zero-order valence-electron chi connectivity index (χ0n) is 11.2. The molecule has 108 valence electrons. The molecular formula is C14H18ClN3O2. The molecule has 5 nitrogen and oxygen atoms in total. The number of hydrogen-bond donors (Lipinski definition) is 2. The number of nitrogens with zero attached hydrogens (tertiary/aromatic N) is 2. The van der Waals surface area contributed by atoms with Crippen LogP contribution in [0.3, 0.4) is 0 Å². The van der Waals surface area contributed by atoms with Gasteiger partial charge in [-0.25, -0.2) is 4.79 Å². The highest BCUT2D eigenvalue weighted by molar-refractivity contribution is 5.89. The summed E-state index contributed by atoms with van der Waals surface area (Å²) in [6, 6.07) is 8.86. The molecule has 0 aliphatic carbocycles. The minimum absolute atomic E-state index is 0. The maximum atomic E-state index is 11.1. The van der Waals surface area contributed by atoms with Crippen molar-refractivity contribution < 1.29 is 9.90 Å². The average Bonchev–Trinajstić information content (AvgIpc) is 2.85. The van der Waals surface area contributed by atoms with Gasteiger partial charge in [-0.2, -0.15) is 5.10 Å². The number of carboxylic acid groups (broad SMARTS) is 1. The van der Waals surface area contributed by atoms with E-state index in [9.17, 15) is 4.79 Å². The molecule has 1 aromatic heterocycles. The number of aromatic carboxylic acids is 1. The molecule has 0 bridgehead atoms. The van der Waals surface area contributed by atoms with E-state index >= 15 is 0 Å². The lowest BCUT2D eigenvalue weighted by Gasteiger charge is -2.06. The highest BCUT2D eigenvalue weighted by Crippen LogP contribution is 2.11. The van der Waals surface area contributed by atoms with Gasteiger partial charge < -0.3 is 10.4 Å². The fourth-order valence-electron chi connectivity index (χ4n) is 1.88. The molecule has 0 saturated heterocycles. The molecule has 2 aromatic rings. The number of nitrogens with one attached hydrogen (secondary N) is 1. The number of carbonyl (C=O) groups is 1. The fourth-order valence-corrected chi connectivity index (χ4v) is 1.88. The van der Waals surface area contributed by atoms with E-state index in [1.807, 2.05) is 23.0 Å². The van der Waals surface area contributed by atoms with Crippen LogP contribution in [0.2, 0.25) is 0 Å². The summed E-state index contributed by atoms with van der Waals surface area (Å²) in [4.78, 5) is 11.1. The average molecular weight is 296 g/mol. The molecule has 0 saturated carbocycles. The first-order valence-corrected chi connectivity index (χ1v) is 6.29. The second kappa shape index (κ2) is 7.55. The number of anilines is 1. The number of halogens is 1. The van der Waals surface area contributed by atoms with E-state index in [1.54, 1.807) is 18.2 Å². The third-order valence-electron chi connectivity index (χ3n) is 2.80. The Balaban J connectivity index is 0.00000200. The molecule has 0 amide bonds. The molecule has 0 aliphatic heterocycles. The van der Waals surface area contributed by atoms with Crippen molar-refractivity contribution in [2.75, 3.05) is 5.32 Å². The summed E-state index contributed by atoms with van der Waals surface area (Å²) in [5, 5.41) is 16.6. The van der Waals surface area contributed by atoms with Crippen molar-refractivity contribution in [1.82, 2.24) is 9.78 Å². The Morgan fingerprint density at radius 2 is 2.10 bits per heavy atom. The largest absolute Gasteiger partial charge is 0.478 e. The van der Waals surface area contributed by atoms with Gasteiger partial charge in [0.2, 0.25) is 0 Å². The molecule has 2 N–H and O–H groups in total. The minimum Gasteiger partial charge on any atom is -0.478 e.